The monoisotopic (exact) mass is 382 g/mol. The van der Waals surface area contributed by atoms with Crippen LogP contribution < -0.4 is 14.2 Å². The SMILES string of the molecule is CCOc1ccccc1OCc1nn2c(-c3ccccc3OC)nnc2s1. The third kappa shape index (κ3) is 3.43. The Morgan fingerprint density at radius 3 is 2.37 bits per heavy atom. The third-order valence-electron chi connectivity index (χ3n) is 3.88. The van der Waals surface area contributed by atoms with Crippen molar-refractivity contribution < 1.29 is 14.2 Å². The Kier molecular flexibility index (Phi) is 4.88. The molecule has 0 fully saturated rings. The summed E-state index contributed by atoms with van der Waals surface area (Å²) in [5.74, 6) is 2.77. The van der Waals surface area contributed by atoms with Crippen LogP contribution in [-0.2, 0) is 6.61 Å². The van der Waals surface area contributed by atoms with E-state index in [4.69, 9.17) is 14.2 Å². The molecule has 0 N–H and O–H groups in total. The normalized spacial score (nSPS) is 10.9. The van der Waals surface area contributed by atoms with Gasteiger partial charge < -0.3 is 14.2 Å². The number of methoxy groups -OCH3 is 1. The van der Waals surface area contributed by atoms with Crippen LogP contribution in [0, 0.1) is 0 Å². The van der Waals surface area contributed by atoms with Gasteiger partial charge in [0.1, 0.15) is 12.4 Å². The van der Waals surface area contributed by atoms with Crippen molar-refractivity contribution in [1.29, 1.82) is 0 Å². The van der Waals surface area contributed by atoms with E-state index in [0.29, 0.717) is 29.7 Å². The third-order valence-corrected chi connectivity index (χ3v) is 4.75. The van der Waals surface area contributed by atoms with E-state index in [1.807, 2.05) is 55.5 Å². The Bertz CT molecular complexity index is 1060. The fourth-order valence-electron chi connectivity index (χ4n) is 2.70. The number of nitrogens with zero attached hydrogens (tertiary/aromatic N) is 4. The van der Waals surface area contributed by atoms with Crippen LogP contribution in [0.5, 0.6) is 17.2 Å². The first kappa shape index (κ1) is 17.3. The van der Waals surface area contributed by atoms with Crippen LogP contribution in [0.25, 0.3) is 16.3 Å². The lowest BCUT2D eigenvalue weighted by Crippen LogP contribution is -2.00. The molecule has 2 aromatic heterocycles. The van der Waals surface area contributed by atoms with E-state index in [-0.39, 0.29) is 0 Å². The van der Waals surface area contributed by atoms with Crippen LogP contribution in [0.15, 0.2) is 48.5 Å². The fraction of sp³-hybridized carbons (Fsp3) is 0.211. The van der Waals surface area contributed by atoms with Crippen LogP contribution in [-0.4, -0.2) is 33.5 Å². The van der Waals surface area contributed by atoms with Gasteiger partial charge in [-0.15, -0.1) is 10.2 Å². The fourth-order valence-corrected chi connectivity index (χ4v) is 3.44. The number of para-hydroxylation sites is 3. The lowest BCUT2D eigenvalue weighted by molar-refractivity contribution is 0.268. The summed E-state index contributed by atoms with van der Waals surface area (Å²) in [7, 11) is 1.63. The van der Waals surface area contributed by atoms with E-state index >= 15 is 0 Å². The smallest absolute Gasteiger partial charge is 0.235 e. The van der Waals surface area contributed by atoms with Crippen molar-refractivity contribution in [3.05, 3.63) is 53.5 Å². The van der Waals surface area contributed by atoms with Gasteiger partial charge in [-0.25, -0.2) is 0 Å². The highest BCUT2D eigenvalue weighted by Gasteiger charge is 2.17. The molecule has 7 nitrogen and oxygen atoms in total. The molecule has 4 aromatic rings. The van der Waals surface area contributed by atoms with Gasteiger partial charge in [0.25, 0.3) is 0 Å². The van der Waals surface area contributed by atoms with E-state index in [0.717, 1.165) is 22.1 Å². The Morgan fingerprint density at radius 2 is 1.63 bits per heavy atom. The second kappa shape index (κ2) is 7.63. The van der Waals surface area contributed by atoms with Gasteiger partial charge in [-0.1, -0.05) is 35.6 Å². The first-order chi connectivity index (χ1) is 13.3. The largest absolute Gasteiger partial charge is 0.496 e. The van der Waals surface area contributed by atoms with Gasteiger partial charge in [-0.3, -0.25) is 0 Å². The molecule has 138 valence electrons. The van der Waals surface area contributed by atoms with Gasteiger partial charge >= 0.3 is 0 Å². The molecule has 0 aliphatic rings. The summed E-state index contributed by atoms with van der Waals surface area (Å²) in [5, 5.41) is 13.9. The maximum atomic E-state index is 5.90. The van der Waals surface area contributed by atoms with Gasteiger partial charge in [-0.2, -0.15) is 9.61 Å². The minimum Gasteiger partial charge on any atom is -0.496 e. The highest BCUT2D eigenvalue weighted by atomic mass is 32.1. The minimum atomic E-state index is 0.323. The Hall–Kier alpha value is -3.13. The predicted octanol–water partition coefficient (Wildman–Crippen LogP) is 3.84. The van der Waals surface area contributed by atoms with Gasteiger partial charge in [0.05, 0.1) is 19.3 Å². The van der Waals surface area contributed by atoms with Crippen molar-refractivity contribution in [3.63, 3.8) is 0 Å². The number of ether oxygens (including phenoxy) is 3. The molecule has 0 aliphatic carbocycles. The Morgan fingerprint density at radius 1 is 0.926 bits per heavy atom. The number of fused-ring (bicyclic) bond motifs is 1. The van der Waals surface area contributed by atoms with E-state index in [2.05, 4.69) is 15.3 Å². The summed E-state index contributed by atoms with van der Waals surface area (Å²) in [6, 6.07) is 15.3. The molecular formula is C19H18N4O3S. The zero-order chi connectivity index (χ0) is 18.6. The molecule has 0 saturated carbocycles. The van der Waals surface area contributed by atoms with Crippen molar-refractivity contribution in [2.24, 2.45) is 0 Å². The van der Waals surface area contributed by atoms with Gasteiger partial charge in [-0.05, 0) is 31.2 Å². The van der Waals surface area contributed by atoms with Crippen molar-refractivity contribution in [1.82, 2.24) is 19.8 Å². The zero-order valence-electron chi connectivity index (χ0n) is 15.0. The molecule has 8 heteroatoms. The van der Waals surface area contributed by atoms with Crippen LogP contribution in [0.3, 0.4) is 0 Å². The number of hydrogen-bond donors (Lipinski definition) is 0. The van der Waals surface area contributed by atoms with Crippen molar-refractivity contribution in [2.45, 2.75) is 13.5 Å². The molecule has 0 unspecified atom stereocenters. The lowest BCUT2D eigenvalue weighted by atomic mass is 10.2. The average Bonchev–Trinajstić information content (AvgIpc) is 3.28. The molecule has 2 aromatic carbocycles. The molecular weight excluding hydrogens is 364 g/mol. The molecule has 4 rings (SSSR count). The highest BCUT2D eigenvalue weighted by Crippen LogP contribution is 2.30. The molecule has 0 spiro atoms. The number of benzene rings is 2. The molecule has 27 heavy (non-hydrogen) atoms. The second-order valence-electron chi connectivity index (χ2n) is 5.58. The number of hydrogen-bond acceptors (Lipinski definition) is 7. The number of aromatic nitrogens is 4. The summed E-state index contributed by atoms with van der Waals surface area (Å²) in [6.07, 6.45) is 0. The maximum absolute atomic E-state index is 5.90. The minimum absolute atomic E-state index is 0.323. The Balaban J connectivity index is 1.59. The number of rotatable bonds is 7. The maximum Gasteiger partial charge on any atom is 0.235 e. The molecule has 0 radical (unpaired) electrons. The summed E-state index contributed by atoms with van der Waals surface area (Å²) in [4.78, 5) is 0.701. The van der Waals surface area contributed by atoms with Crippen molar-refractivity contribution in [3.8, 4) is 28.6 Å². The molecule has 0 bridgehead atoms. The topological polar surface area (TPSA) is 70.8 Å². The summed E-state index contributed by atoms with van der Waals surface area (Å²) < 4.78 is 18.6. The van der Waals surface area contributed by atoms with Crippen LogP contribution >= 0.6 is 11.3 Å². The molecule has 0 amide bonds. The van der Waals surface area contributed by atoms with Crippen molar-refractivity contribution in [2.75, 3.05) is 13.7 Å². The molecule has 0 atom stereocenters. The summed E-state index contributed by atoms with van der Waals surface area (Å²) in [5.41, 5.74) is 0.840. The Labute approximate surface area is 160 Å². The van der Waals surface area contributed by atoms with Crippen LogP contribution in [0.1, 0.15) is 11.9 Å². The summed E-state index contributed by atoms with van der Waals surface area (Å²) in [6.45, 7) is 2.85. The van der Waals surface area contributed by atoms with Crippen LogP contribution in [0.2, 0.25) is 0 Å². The quantitative estimate of drug-likeness (QED) is 0.484. The zero-order valence-corrected chi connectivity index (χ0v) is 15.8. The molecule has 0 saturated heterocycles. The highest BCUT2D eigenvalue weighted by molar-refractivity contribution is 7.16. The predicted molar refractivity (Wildman–Crippen MR) is 103 cm³/mol. The molecule has 2 heterocycles. The van der Waals surface area contributed by atoms with Gasteiger partial charge in [0, 0.05) is 0 Å². The first-order valence-corrected chi connectivity index (χ1v) is 9.31. The molecule has 0 aliphatic heterocycles. The van der Waals surface area contributed by atoms with E-state index < -0.39 is 0 Å². The van der Waals surface area contributed by atoms with E-state index in [1.54, 1.807) is 11.6 Å². The van der Waals surface area contributed by atoms with Crippen LogP contribution in [0.4, 0.5) is 0 Å². The first-order valence-electron chi connectivity index (χ1n) is 8.49. The lowest BCUT2D eigenvalue weighted by Gasteiger charge is -2.10. The standard InChI is InChI=1S/C19H18N4O3S/c1-3-25-15-10-6-7-11-16(15)26-12-17-22-23-18(20-21-19(23)27-17)13-8-4-5-9-14(13)24-2/h4-11H,3,12H2,1-2H3. The summed E-state index contributed by atoms with van der Waals surface area (Å²) >= 11 is 1.44. The van der Waals surface area contributed by atoms with E-state index in [1.165, 1.54) is 11.3 Å². The van der Waals surface area contributed by atoms with E-state index in [9.17, 15) is 0 Å². The van der Waals surface area contributed by atoms with Gasteiger partial charge in [0.2, 0.25) is 4.96 Å². The van der Waals surface area contributed by atoms with Crippen molar-refractivity contribution >= 4 is 16.3 Å². The second-order valence-corrected chi connectivity index (χ2v) is 6.62. The average molecular weight is 382 g/mol. The van der Waals surface area contributed by atoms with Gasteiger partial charge in [0.15, 0.2) is 22.3 Å².